The van der Waals surface area contributed by atoms with E-state index in [9.17, 15) is 19.7 Å². The Bertz CT molecular complexity index is 598. The second kappa shape index (κ2) is 18.5. The van der Waals surface area contributed by atoms with Gasteiger partial charge in [0, 0.05) is 12.8 Å². The molecule has 0 aromatic carbocycles. The number of carboxylic acids is 1. The zero-order valence-corrected chi connectivity index (χ0v) is 21.4. The van der Waals surface area contributed by atoms with E-state index in [4.69, 9.17) is 9.84 Å². The summed E-state index contributed by atoms with van der Waals surface area (Å²) in [5.41, 5.74) is 0.328. The molecule has 0 aromatic rings. The fourth-order valence-electron chi connectivity index (χ4n) is 3.76. The van der Waals surface area contributed by atoms with Gasteiger partial charge in [-0.3, -0.25) is 19.7 Å². The van der Waals surface area contributed by atoms with Crippen molar-refractivity contribution in [2.75, 3.05) is 27.7 Å². The van der Waals surface area contributed by atoms with Gasteiger partial charge in [-0.15, -0.1) is 0 Å². The molecule has 8 nitrogen and oxygen atoms in total. The predicted octanol–water partition coefficient (Wildman–Crippen LogP) is 5.72. The van der Waals surface area contributed by atoms with Crippen molar-refractivity contribution in [1.82, 2.24) is 0 Å². The molecule has 0 aliphatic heterocycles. The van der Waals surface area contributed by atoms with E-state index in [0.717, 1.165) is 44.9 Å². The van der Waals surface area contributed by atoms with Gasteiger partial charge in [0.25, 0.3) is 0 Å². The van der Waals surface area contributed by atoms with E-state index < -0.39 is 12.1 Å². The average Bonchev–Trinajstić information content (AvgIpc) is 2.68. The Morgan fingerprint density at radius 2 is 1.48 bits per heavy atom. The summed E-state index contributed by atoms with van der Waals surface area (Å²) in [7, 11) is 5.78. The van der Waals surface area contributed by atoms with Crippen LogP contribution in [-0.4, -0.2) is 60.2 Å². The Balaban J connectivity index is 4.03. The SMILES string of the molecule is CCCCCCCC/C=C(/CCCCCCCC(=O)OC(CC(=O)O)C[N+](C)(C)C)[N+](=O)[O-]. The number of carboxylic acid groups (broad SMARTS) is 1. The Kier molecular flexibility index (Phi) is 17.4. The summed E-state index contributed by atoms with van der Waals surface area (Å²) in [4.78, 5) is 34.1. The van der Waals surface area contributed by atoms with Crippen molar-refractivity contribution in [2.45, 2.75) is 109 Å². The fourth-order valence-corrected chi connectivity index (χ4v) is 3.76. The molecule has 0 fully saturated rings. The molecule has 0 aliphatic rings. The van der Waals surface area contributed by atoms with Crippen molar-refractivity contribution >= 4 is 11.9 Å². The van der Waals surface area contributed by atoms with Crippen LogP contribution in [0.15, 0.2) is 11.8 Å². The monoisotopic (exact) mass is 471 g/mol. The molecule has 33 heavy (non-hydrogen) atoms. The van der Waals surface area contributed by atoms with Gasteiger partial charge in [0.1, 0.15) is 6.54 Å². The molecule has 8 heteroatoms. The van der Waals surface area contributed by atoms with E-state index in [1.54, 1.807) is 6.08 Å². The lowest BCUT2D eigenvalue weighted by Crippen LogP contribution is -2.43. The van der Waals surface area contributed by atoms with Crippen LogP contribution in [-0.2, 0) is 14.3 Å². The van der Waals surface area contributed by atoms with Crippen molar-refractivity contribution in [3.63, 3.8) is 0 Å². The molecule has 1 atom stereocenters. The first-order valence-corrected chi connectivity index (χ1v) is 12.6. The molecule has 0 saturated carbocycles. The number of allylic oxidation sites excluding steroid dienone is 2. The third-order valence-electron chi connectivity index (χ3n) is 5.44. The fraction of sp³-hybridized carbons (Fsp3) is 0.840. The molecular weight excluding hydrogens is 424 g/mol. The second-order valence-corrected chi connectivity index (χ2v) is 9.96. The lowest BCUT2D eigenvalue weighted by Gasteiger charge is -2.28. The maximum Gasteiger partial charge on any atom is 0.307 e. The molecule has 0 heterocycles. The van der Waals surface area contributed by atoms with Crippen LogP contribution >= 0.6 is 0 Å². The van der Waals surface area contributed by atoms with E-state index in [1.807, 2.05) is 21.1 Å². The molecule has 0 amide bonds. The van der Waals surface area contributed by atoms with Crippen LogP contribution in [0, 0.1) is 10.1 Å². The van der Waals surface area contributed by atoms with E-state index in [-0.39, 0.29) is 23.7 Å². The lowest BCUT2D eigenvalue weighted by molar-refractivity contribution is -0.873. The van der Waals surface area contributed by atoms with Gasteiger partial charge in [-0.2, -0.15) is 0 Å². The zero-order chi connectivity index (χ0) is 25.1. The van der Waals surface area contributed by atoms with Crippen LogP contribution in [0.1, 0.15) is 103 Å². The highest BCUT2D eigenvalue weighted by Crippen LogP contribution is 2.15. The Morgan fingerprint density at radius 1 is 0.939 bits per heavy atom. The molecule has 0 aromatic heterocycles. The number of hydrogen-bond acceptors (Lipinski definition) is 5. The molecule has 0 saturated heterocycles. The van der Waals surface area contributed by atoms with Crippen LogP contribution < -0.4 is 0 Å². The number of quaternary nitrogens is 1. The summed E-state index contributed by atoms with van der Waals surface area (Å²) in [6.07, 6.45) is 13.7. The smallest absolute Gasteiger partial charge is 0.307 e. The van der Waals surface area contributed by atoms with Gasteiger partial charge in [0.15, 0.2) is 6.10 Å². The topological polar surface area (TPSA) is 107 Å². The Morgan fingerprint density at radius 3 is 2.03 bits per heavy atom. The summed E-state index contributed by atoms with van der Waals surface area (Å²) in [5.74, 6) is -1.33. The summed E-state index contributed by atoms with van der Waals surface area (Å²) in [6, 6.07) is 0. The van der Waals surface area contributed by atoms with Gasteiger partial charge in [-0.05, 0) is 31.8 Å². The number of ether oxygens (including phenoxy) is 1. The van der Waals surface area contributed by atoms with Crippen molar-refractivity contribution in [3.05, 3.63) is 21.9 Å². The zero-order valence-electron chi connectivity index (χ0n) is 21.4. The van der Waals surface area contributed by atoms with E-state index in [1.165, 1.54) is 25.7 Å². The van der Waals surface area contributed by atoms with Crippen molar-refractivity contribution in [2.24, 2.45) is 0 Å². The summed E-state index contributed by atoms with van der Waals surface area (Å²) >= 11 is 0. The van der Waals surface area contributed by atoms with Crippen molar-refractivity contribution < 1.29 is 28.8 Å². The molecule has 1 unspecified atom stereocenters. The normalized spacial score (nSPS) is 13.0. The maximum absolute atomic E-state index is 12.1. The minimum absolute atomic E-state index is 0.188. The number of aliphatic carboxylic acids is 1. The highest BCUT2D eigenvalue weighted by atomic mass is 16.6. The number of esters is 1. The van der Waals surface area contributed by atoms with E-state index in [0.29, 0.717) is 29.6 Å². The van der Waals surface area contributed by atoms with Crippen LogP contribution in [0.4, 0.5) is 0 Å². The minimum atomic E-state index is -0.976. The molecule has 1 N–H and O–H groups in total. The summed E-state index contributed by atoms with van der Waals surface area (Å²) in [6.45, 7) is 2.64. The lowest BCUT2D eigenvalue weighted by atomic mass is 10.1. The molecule has 192 valence electrons. The summed E-state index contributed by atoms with van der Waals surface area (Å²) < 4.78 is 5.90. The first kappa shape index (κ1) is 31.0. The van der Waals surface area contributed by atoms with Crippen LogP contribution in [0.25, 0.3) is 0 Å². The number of nitro groups is 1. The predicted molar refractivity (Wildman–Crippen MR) is 130 cm³/mol. The van der Waals surface area contributed by atoms with E-state index >= 15 is 0 Å². The van der Waals surface area contributed by atoms with Crippen molar-refractivity contribution in [3.8, 4) is 0 Å². The van der Waals surface area contributed by atoms with E-state index in [2.05, 4.69) is 6.92 Å². The van der Waals surface area contributed by atoms with Crippen LogP contribution in [0.2, 0.25) is 0 Å². The highest BCUT2D eigenvalue weighted by Gasteiger charge is 2.24. The number of hydrogen-bond donors (Lipinski definition) is 1. The van der Waals surface area contributed by atoms with Gasteiger partial charge < -0.3 is 14.3 Å². The minimum Gasteiger partial charge on any atom is -0.481 e. The maximum atomic E-state index is 12.1. The number of carbonyl (C=O) groups excluding carboxylic acids is 1. The molecule has 0 aliphatic carbocycles. The van der Waals surface area contributed by atoms with Gasteiger partial charge in [0.2, 0.25) is 5.70 Å². The standard InChI is InChI=1S/C25H46N2O6/c1-5-6-7-8-9-11-14-17-22(26(31)32)18-15-12-10-13-16-19-25(30)33-23(20-24(28)29)21-27(2,3)4/h17,23H,5-16,18-21H2,1-4H3/p+1/b22-17-. The molecule has 0 radical (unpaired) electrons. The molecule has 0 spiro atoms. The van der Waals surface area contributed by atoms with Gasteiger partial charge in [0.05, 0.1) is 32.5 Å². The van der Waals surface area contributed by atoms with Gasteiger partial charge >= 0.3 is 11.9 Å². The van der Waals surface area contributed by atoms with Crippen LogP contribution in [0.5, 0.6) is 0 Å². The number of rotatable bonds is 21. The summed E-state index contributed by atoms with van der Waals surface area (Å²) in [5, 5.41) is 20.3. The van der Waals surface area contributed by atoms with Crippen LogP contribution in [0.3, 0.4) is 0 Å². The molecule has 0 rings (SSSR count). The first-order valence-electron chi connectivity index (χ1n) is 12.6. The Labute approximate surface area is 200 Å². The van der Waals surface area contributed by atoms with Gasteiger partial charge in [-0.25, -0.2) is 0 Å². The first-order chi connectivity index (χ1) is 15.5. The highest BCUT2D eigenvalue weighted by molar-refractivity contribution is 5.71. The van der Waals surface area contributed by atoms with Crippen molar-refractivity contribution in [1.29, 1.82) is 0 Å². The third kappa shape index (κ3) is 20.4. The number of nitrogens with zero attached hydrogens (tertiary/aromatic N) is 2. The van der Waals surface area contributed by atoms with Gasteiger partial charge in [-0.1, -0.05) is 58.3 Å². The quantitative estimate of drug-likeness (QED) is 0.0754. The largest absolute Gasteiger partial charge is 0.481 e. The average molecular weight is 472 g/mol. The Hall–Kier alpha value is -1.96. The number of unbranched alkanes of at least 4 members (excludes halogenated alkanes) is 10. The number of likely N-dealkylation sites (N-methyl/N-ethyl adjacent to an activating group) is 1. The third-order valence-corrected chi connectivity index (χ3v) is 5.44. The second-order valence-electron chi connectivity index (χ2n) is 9.96. The number of carbonyl (C=O) groups is 2. The molecule has 0 bridgehead atoms. The molecular formula is C25H47N2O6+.